The molecule has 0 radical (unpaired) electrons. The number of benzene rings is 1. The molecule has 3 nitrogen and oxygen atoms in total. The van der Waals surface area contributed by atoms with Crippen molar-refractivity contribution in [2.45, 2.75) is 49.6 Å². The summed E-state index contributed by atoms with van der Waals surface area (Å²) in [7, 11) is 0. The highest BCUT2D eigenvalue weighted by molar-refractivity contribution is 7.98. The van der Waals surface area contributed by atoms with Crippen LogP contribution in [0.25, 0.3) is 0 Å². The molecule has 0 unspecified atom stereocenters. The third-order valence-electron chi connectivity index (χ3n) is 5.91. The Balaban J connectivity index is 1.32. The van der Waals surface area contributed by atoms with Gasteiger partial charge in [-0.2, -0.15) is 0 Å². The molecule has 2 bridgehead atoms. The van der Waals surface area contributed by atoms with Crippen molar-refractivity contribution in [3.8, 4) is 0 Å². The first kappa shape index (κ1) is 15.5. The van der Waals surface area contributed by atoms with Crippen molar-refractivity contribution in [2.24, 2.45) is 5.92 Å². The zero-order valence-corrected chi connectivity index (χ0v) is 14.8. The normalized spacial score (nSPS) is 26.6. The Labute approximate surface area is 143 Å². The minimum atomic E-state index is 0.340. The molecule has 2 aliphatic heterocycles. The number of hydrogen-bond donors (Lipinski definition) is 0. The molecule has 1 aromatic rings. The second-order valence-electron chi connectivity index (χ2n) is 7.28. The molecular formula is C19H26N2OS. The maximum atomic E-state index is 12.6. The Morgan fingerprint density at radius 3 is 2.96 bits per heavy atom. The van der Waals surface area contributed by atoms with Crippen molar-refractivity contribution in [3.63, 3.8) is 0 Å². The summed E-state index contributed by atoms with van der Waals surface area (Å²) in [5, 5.41) is 0. The van der Waals surface area contributed by atoms with Crippen LogP contribution in [0.4, 0.5) is 0 Å². The highest BCUT2D eigenvalue weighted by Crippen LogP contribution is 2.37. The molecule has 2 fully saturated rings. The summed E-state index contributed by atoms with van der Waals surface area (Å²) in [6.45, 7) is 3.89. The van der Waals surface area contributed by atoms with E-state index < -0.39 is 0 Å². The monoisotopic (exact) mass is 330 g/mol. The first-order chi connectivity index (χ1) is 11.2. The number of carbonyl (C=O) groups excluding carboxylic acids is 1. The van der Waals surface area contributed by atoms with Crippen LogP contribution in [0.15, 0.2) is 23.1 Å². The Hall–Kier alpha value is -1.00. The molecule has 1 saturated carbocycles. The molecule has 2 atom stereocenters. The van der Waals surface area contributed by atoms with Gasteiger partial charge in [-0.1, -0.05) is 6.07 Å². The fraction of sp³-hybridized carbons (Fsp3) is 0.632. The second kappa shape index (κ2) is 6.48. The molecule has 4 heteroatoms. The third kappa shape index (κ3) is 3.16. The summed E-state index contributed by atoms with van der Waals surface area (Å²) in [5.41, 5.74) is 2.76. The lowest BCUT2D eigenvalue weighted by Crippen LogP contribution is -2.39. The summed E-state index contributed by atoms with van der Waals surface area (Å²) >= 11 is 1.79. The quantitative estimate of drug-likeness (QED) is 0.792. The summed E-state index contributed by atoms with van der Waals surface area (Å²) < 4.78 is 0. The Kier molecular flexibility index (Phi) is 4.37. The van der Waals surface area contributed by atoms with Gasteiger partial charge in [-0.05, 0) is 61.1 Å². The minimum absolute atomic E-state index is 0.340. The lowest BCUT2D eigenvalue weighted by atomic mass is 9.99. The van der Waals surface area contributed by atoms with E-state index in [9.17, 15) is 4.79 Å². The Bertz CT molecular complexity index is 603. The topological polar surface area (TPSA) is 23.6 Å². The van der Waals surface area contributed by atoms with Crippen molar-refractivity contribution >= 4 is 17.7 Å². The molecule has 0 N–H and O–H groups in total. The molecule has 1 saturated heterocycles. The van der Waals surface area contributed by atoms with E-state index in [2.05, 4.69) is 34.3 Å². The number of rotatable bonds is 4. The molecule has 1 amide bonds. The van der Waals surface area contributed by atoms with Crippen LogP contribution in [-0.2, 0) is 17.8 Å². The zero-order valence-electron chi connectivity index (χ0n) is 14.0. The number of carbonyl (C=O) groups is 1. The van der Waals surface area contributed by atoms with Crippen LogP contribution in [0.3, 0.4) is 0 Å². The van der Waals surface area contributed by atoms with Crippen LogP contribution < -0.4 is 0 Å². The van der Waals surface area contributed by atoms with Gasteiger partial charge in [0.1, 0.15) is 0 Å². The predicted molar refractivity (Wildman–Crippen MR) is 94.7 cm³/mol. The summed E-state index contributed by atoms with van der Waals surface area (Å²) in [4.78, 5) is 18.5. The van der Waals surface area contributed by atoms with E-state index in [-0.39, 0.29) is 0 Å². The van der Waals surface area contributed by atoms with Crippen molar-refractivity contribution in [1.82, 2.24) is 9.80 Å². The number of hydrogen-bond acceptors (Lipinski definition) is 3. The fourth-order valence-corrected chi connectivity index (χ4v) is 5.03. The average molecular weight is 330 g/mol. The Morgan fingerprint density at radius 1 is 1.30 bits per heavy atom. The van der Waals surface area contributed by atoms with E-state index in [0.717, 1.165) is 38.0 Å². The van der Waals surface area contributed by atoms with Gasteiger partial charge < -0.3 is 4.90 Å². The predicted octanol–water partition coefficient (Wildman–Crippen LogP) is 3.17. The van der Waals surface area contributed by atoms with Crippen LogP contribution in [0.2, 0.25) is 0 Å². The molecule has 3 aliphatic rings. The van der Waals surface area contributed by atoms with E-state index in [4.69, 9.17) is 0 Å². The first-order valence-electron chi connectivity index (χ1n) is 8.90. The standard InChI is InChI=1S/C19H26N2OS/c1-23-18-5-3-16-13-21(8-6-15(16)11-18)19(22)7-9-20-12-14-2-4-17(20)10-14/h3,5,11,14,17H,2,4,6-10,12-13H2,1H3/t14-,17+/m0/s1. The van der Waals surface area contributed by atoms with Crippen LogP contribution in [0, 0.1) is 5.92 Å². The molecule has 0 aromatic heterocycles. The zero-order chi connectivity index (χ0) is 15.8. The van der Waals surface area contributed by atoms with E-state index in [0.29, 0.717) is 12.3 Å². The van der Waals surface area contributed by atoms with E-state index in [1.165, 1.54) is 41.8 Å². The van der Waals surface area contributed by atoms with Crippen LogP contribution in [-0.4, -0.2) is 47.6 Å². The number of fused-ring (bicyclic) bond motifs is 3. The number of thioether (sulfide) groups is 1. The second-order valence-corrected chi connectivity index (χ2v) is 8.16. The number of likely N-dealkylation sites (tertiary alicyclic amines) is 1. The van der Waals surface area contributed by atoms with Crippen molar-refractivity contribution < 1.29 is 4.79 Å². The maximum Gasteiger partial charge on any atom is 0.224 e. The van der Waals surface area contributed by atoms with Gasteiger partial charge in [0, 0.05) is 43.5 Å². The number of amides is 1. The van der Waals surface area contributed by atoms with E-state index >= 15 is 0 Å². The maximum absolute atomic E-state index is 12.6. The van der Waals surface area contributed by atoms with Gasteiger partial charge >= 0.3 is 0 Å². The molecule has 4 rings (SSSR count). The first-order valence-corrected chi connectivity index (χ1v) is 10.1. The highest BCUT2D eigenvalue weighted by Gasteiger charge is 2.37. The average Bonchev–Trinajstić information content (AvgIpc) is 3.21. The van der Waals surface area contributed by atoms with Gasteiger partial charge in [0.15, 0.2) is 0 Å². The SMILES string of the molecule is CSc1ccc2c(c1)CCN(C(=O)CCN1C[C@H]3CC[C@@H]1C3)C2. The molecule has 124 valence electrons. The number of nitrogens with zero attached hydrogens (tertiary/aromatic N) is 2. The van der Waals surface area contributed by atoms with Gasteiger partial charge in [-0.15, -0.1) is 11.8 Å². The minimum Gasteiger partial charge on any atom is -0.338 e. The van der Waals surface area contributed by atoms with Gasteiger partial charge in [0.25, 0.3) is 0 Å². The molecule has 2 heterocycles. The largest absolute Gasteiger partial charge is 0.338 e. The van der Waals surface area contributed by atoms with Crippen LogP contribution >= 0.6 is 11.8 Å². The van der Waals surface area contributed by atoms with Crippen LogP contribution in [0.1, 0.15) is 36.8 Å². The molecule has 23 heavy (non-hydrogen) atoms. The van der Waals surface area contributed by atoms with Gasteiger partial charge in [0.05, 0.1) is 0 Å². The summed E-state index contributed by atoms with van der Waals surface area (Å²) in [6, 6.07) is 7.46. The van der Waals surface area contributed by atoms with E-state index in [1.807, 2.05) is 0 Å². The van der Waals surface area contributed by atoms with E-state index in [1.54, 1.807) is 11.8 Å². The van der Waals surface area contributed by atoms with Gasteiger partial charge in [-0.25, -0.2) is 0 Å². The van der Waals surface area contributed by atoms with Crippen molar-refractivity contribution in [2.75, 3.05) is 25.9 Å². The Morgan fingerprint density at radius 2 is 2.22 bits per heavy atom. The number of piperidine rings is 1. The molecule has 1 aromatic carbocycles. The lowest BCUT2D eigenvalue weighted by molar-refractivity contribution is -0.132. The molecular weight excluding hydrogens is 304 g/mol. The lowest BCUT2D eigenvalue weighted by Gasteiger charge is -2.31. The van der Waals surface area contributed by atoms with Crippen molar-refractivity contribution in [3.05, 3.63) is 29.3 Å². The van der Waals surface area contributed by atoms with Gasteiger partial charge in [0.2, 0.25) is 5.91 Å². The third-order valence-corrected chi connectivity index (χ3v) is 6.64. The smallest absolute Gasteiger partial charge is 0.224 e. The summed E-state index contributed by atoms with van der Waals surface area (Å²) in [5.74, 6) is 1.26. The highest BCUT2D eigenvalue weighted by atomic mass is 32.2. The summed E-state index contributed by atoms with van der Waals surface area (Å²) in [6.07, 6.45) is 7.96. The fourth-order valence-electron chi connectivity index (χ4n) is 4.57. The molecule has 1 aliphatic carbocycles. The molecule has 0 spiro atoms. The van der Waals surface area contributed by atoms with Crippen LogP contribution in [0.5, 0.6) is 0 Å². The van der Waals surface area contributed by atoms with Crippen molar-refractivity contribution in [1.29, 1.82) is 0 Å². The van der Waals surface area contributed by atoms with Gasteiger partial charge in [-0.3, -0.25) is 9.69 Å².